The van der Waals surface area contributed by atoms with Crippen LogP contribution in [-0.2, 0) is 4.74 Å². The standard InChI is InChI=1S/C10H18N2O2/c1-10(2,3)14-9(13)12-6-4-5-8(12)7-11/h7-8,11H,4-6H2,1-3H3/t8-/m0/s1. The number of carbonyl (C=O) groups excluding carboxylic acids is 1. The minimum absolute atomic E-state index is 0.0650. The van der Waals surface area contributed by atoms with Crippen molar-refractivity contribution in [2.45, 2.75) is 45.3 Å². The zero-order chi connectivity index (χ0) is 10.8. The molecular weight excluding hydrogens is 180 g/mol. The molecule has 1 heterocycles. The van der Waals surface area contributed by atoms with E-state index in [0.29, 0.717) is 6.54 Å². The number of rotatable bonds is 1. The molecule has 0 unspecified atom stereocenters. The third kappa shape index (κ3) is 2.72. The van der Waals surface area contributed by atoms with Crippen LogP contribution in [0.3, 0.4) is 0 Å². The van der Waals surface area contributed by atoms with Gasteiger partial charge < -0.3 is 15.0 Å². The summed E-state index contributed by atoms with van der Waals surface area (Å²) in [5.74, 6) is 0. The van der Waals surface area contributed by atoms with Crippen LogP contribution in [0.5, 0.6) is 0 Å². The fourth-order valence-electron chi connectivity index (χ4n) is 1.51. The van der Waals surface area contributed by atoms with E-state index in [-0.39, 0.29) is 12.1 Å². The van der Waals surface area contributed by atoms with Crippen molar-refractivity contribution < 1.29 is 9.53 Å². The van der Waals surface area contributed by atoms with Crippen LogP contribution in [0.15, 0.2) is 0 Å². The number of nitrogens with one attached hydrogen (secondary N) is 1. The van der Waals surface area contributed by atoms with Gasteiger partial charge in [-0.3, -0.25) is 0 Å². The van der Waals surface area contributed by atoms with Crippen LogP contribution in [0.2, 0.25) is 0 Å². The van der Waals surface area contributed by atoms with Crippen LogP contribution >= 0.6 is 0 Å². The van der Waals surface area contributed by atoms with E-state index in [1.54, 1.807) is 4.90 Å². The molecule has 0 bridgehead atoms. The summed E-state index contributed by atoms with van der Waals surface area (Å²) in [4.78, 5) is 13.3. The van der Waals surface area contributed by atoms with E-state index in [9.17, 15) is 4.79 Å². The second-order valence-corrected chi connectivity index (χ2v) is 4.55. The first kappa shape index (κ1) is 11.0. The molecule has 1 N–H and O–H groups in total. The van der Waals surface area contributed by atoms with Gasteiger partial charge in [0.05, 0.1) is 6.04 Å². The third-order valence-corrected chi connectivity index (χ3v) is 2.12. The predicted octanol–water partition coefficient (Wildman–Crippen LogP) is 2.04. The van der Waals surface area contributed by atoms with Crippen LogP contribution < -0.4 is 0 Å². The molecule has 0 aromatic carbocycles. The van der Waals surface area contributed by atoms with E-state index in [2.05, 4.69) is 0 Å². The molecule has 1 amide bonds. The first-order valence-electron chi connectivity index (χ1n) is 4.94. The number of ether oxygens (including phenoxy) is 1. The highest BCUT2D eigenvalue weighted by molar-refractivity contribution is 5.75. The first-order chi connectivity index (χ1) is 6.44. The number of hydrogen-bond donors (Lipinski definition) is 1. The Kier molecular flexibility index (Phi) is 3.13. The van der Waals surface area contributed by atoms with Crippen molar-refractivity contribution in [1.82, 2.24) is 4.90 Å². The fraction of sp³-hybridized carbons (Fsp3) is 0.800. The van der Waals surface area contributed by atoms with Crippen molar-refractivity contribution in [2.24, 2.45) is 0 Å². The fourth-order valence-corrected chi connectivity index (χ4v) is 1.51. The van der Waals surface area contributed by atoms with Gasteiger partial charge in [0, 0.05) is 12.8 Å². The Morgan fingerprint density at radius 1 is 1.57 bits per heavy atom. The summed E-state index contributed by atoms with van der Waals surface area (Å²) >= 11 is 0. The van der Waals surface area contributed by atoms with Crippen molar-refractivity contribution in [3.05, 3.63) is 0 Å². The van der Waals surface area contributed by atoms with Gasteiger partial charge in [0.25, 0.3) is 0 Å². The van der Waals surface area contributed by atoms with Gasteiger partial charge in [-0.1, -0.05) is 0 Å². The third-order valence-electron chi connectivity index (χ3n) is 2.12. The average molecular weight is 198 g/mol. The van der Waals surface area contributed by atoms with E-state index >= 15 is 0 Å². The maximum absolute atomic E-state index is 11.6. The Morgan fingerprint density at radius 3 is 2.71 bits per heavy atom. The molecule has 14 heavy (non-hydrogen) atoms. The zero-order valence-corrected chi connectivity index (χ0v) is 9.04. The molecule has 4 nitrogen and oxygen atoms in total. The van der Waals surface area contributed by atoms with Gasteiger partial charge in [0.1, 0.15) is 5.60 Å². The molecule has 1 rings (SSSR count). The van der Waals surface area contributed by atoms with Crippen LogP contribution in [0.1, 0.15) is 33.6 Å². The van der Waals surface area contributed by atoms with Gasteiger partial charge in [0.2, 0.25) is 0 Å². The van der Waals surface area contributed by atoms with Crippen molar-refractivity contribution in [3.8, 4) is 0 Å². The molecule has 1 aliphatic heterocycles. The largest absolute Gasteiger partial charge is 0.444 e. The Labute approximate surface area is 84.7 Å². The summed E-state index contributed by atoms with van der Waals surface area (Å²) in [6, 6.07) is -0.0650. The number of hydrogen-bond acceptors (Lipinski definition) is 3. The quantitative estimate of drug-likeness (QED) is 0.655. The van der Waals surface area contributed by atoms with Gasteiger partial charge in [-0.15, -0.1) is 0 Å². The van der Waals surface area contributed by atoms with E-state index in [0.717, 1.165) is 12.8 Å². The average Bonchev–Trinajstić information content (AvgIpc) is 2.47. The summed E-state index contributed by atoms with van der Waals surface area (Å²) in [6.45, 7) is 6.25. The Hall–Kier alpha value is -1.06. The highest BCUT2D eigenvalue weighted by atomic mass is 16.6. The summed E-state index contributed by atoms with van der Waals surface area (Å²) in [5.41, 5.74) is -0.452. The molecule has 4 heteroatoms. The lowest BCUT2D eigenvalue weighted by Gasteiger charge is -2.26. The van der Waals surface area contributed by atoms with Gasteiger partial charge in [-0.05, 0) is 33.6 Å². The first-order valence-corrected chi connectivity index (χ1v) is 4.94. The molecule has 0 spiro atoms. The van der Waals surface area contributed by atoms with E-state index < -0.39 is 5.60 Å². The molecule has 1 fully saturated rings. The van der Waals surface area contributed by atoms with Gasteiger partial charge in [-0.2, -0.15) is 0 Å². The van der Waals surface area contributed by atoms with Crippen molar-refractivity contribution in [2.75, 3.05) is 6.54 Å². The molecule has 1 saturated heterocycles. The monoisotopic (exact) mass is 198 g/mol. The van der Waals surface area contributed by atoms with Crippen LogP contribution in [0.25, 0.3) is 0 Å². The second-order valence-electron chi connectivity index (χ2n) is 4.55. The lowest BCUT2D eigenvalue weighted by molar-refractivity contribution is 0.0268. The molecular formula is C10H18N2O2. The van der Waals surface area contributed by atoms with Crippen LogP contribution in [0, 0.1) is 5.41 Å². The molecule has 0 radical (unpaired) electrons. The van der Waals surface area contributed by atoms with E-state index in [1.165, 1.54) is 6.21 Å². The maximum atomic E-state index is 11.6. The highest BCUT2D eigenvalue weighted by Crippen LogP contribution is 2.19. The zero-order valence-electron chi connectivity index (χ0n) is 9.04. The van der Waals surface area contributed by atoms with Crippen molar-refractivity contribution in [3.63, 3.8) is 0 Å². The molecule has 1 aliphatic rings. The minimum atomic E-state index is -0.452. The lowest BCUT2D eigenvalue weighted by atomic mass is 10.2. The highest BCUT2D eigenvalue weighted by Gasteiger charge is 2.30. The molecule has 80 valence electrons. The molecule has 0 saturated carbocycles. The van der Waals surface area contributed by atoms with Crippen molar-refractivity contribution >= 4 is 12.3 Å². The van der Waals surface area contributed by atoms with E-state index in [4.69, 9.17) is 10.1 Å². The SMILES string of the molecule is CC(C)(C)OC(=O)N1CCC[C@H]1C=N. The summed E-state index contributed by atoms with van der Waals surface area (Å²) in [5, 5.41) is 7.18. The van der Waals surface area contributed by atoms with Gasteiger partial charge in [0.15, 0.2) is 0 Å². The van der Waals surface area contributed by atoms with E-state index in [1.807, 2.05) is 20.8 Å². The smallest absolute Gasteiger partial charge is 0.410 e. The summed E-state index contributed by atoms with van der Waals surface area (Å²) < 4.78 is 5.24. The van der Waals surface area contributed by atoms with Gasteiger partial charge >= 0.3 is 6.09 Å². The topological polar surface area (TPSA) is 53.4 Å². The second kappa shape index (κ2) is 3.98. The summed E-state index contributed by atoms with van der Waals surface area (Å²) in [7, 11) is 0. The minimum Gasteiger partial charge on any atom is -0.444 e. The lowest BCUT2D eigenvalue weighted by Crippen LogP contribution is -2.40. The Bertz CT molecular complexity index is 233. The maximum Gasteiger partial charge on any atom is 0.410 e. The van der Waals surface area contributed by atoms with Crippen LogP contribution in [0.4, 0.5) is 4.79 Å². The molecule has 1 atom stereocenters. The normalized spacial score (nSPS) is 22.2. The number of amides is 1. The number of nitrogens with zero attached hydrogens (tertiary/aromatic N) is 1. The van der Waals surface area contributed by atoms with Crippen LogP contribution in [-0.4, -0.2) is 35.4 Å². The van der Waals surface area contributed by atoms with Gasteiger partial charge in [-0.25, -0.2) is 4.79 Å². The molecule has 0 aliphatic carbocycles. The number of carbonyl (C=O) groups is 1. The molecule has 0 aromatic heterocycles. The predicted molar refractivity (Wildman–Crippen MR) is 54.7 cm³/mol. The summed E-state index contributed by atoms with van der Waals surface area (Å²) in [6.07, 6.45) is 2.85. The Balaban J connectivity index is 2.56. The van der Waals surface area contributed by atoms with Crippen molar-refractivity contribution in [1.29, 1.82) is 5.41 Å². The Morgan fingerprint density at radius 2 is 2.21 bits per heavy atom. The molecule has 0 aromatic rings. The number of likely N-dealkylation sites (tertiary alicyclic amines) is 1.